The molecule has 0 saturated heterocycles. The van der Waals surface area contributed by atoms with Gasteiger partial charge in [-0.15, -0.1) is 6.58 Å². The van der Waals surface area contributed by atoms with E-state index in [1.54, 1.807) is 23.1 Å². The van der Waals surface area contributed by atoms with E-state index in [0.717, 1.165) is 5.69 Å². The average Bonchev–Trinajstić information content (AvgIpc) is 3.07. The molecule has 0 saturated carbocycles. The molecule has 6 heteroatoms. The Balaban J connectivity index is 2.09. The predicted octanol–water partition coefficient (Wildman–Crippen LogP) is 3.41. The standard InChI is InChI=1S/C23H30FN3O2/c1-5-12-26(22(28)14-19-8-10-20(24)11-9-19)17-23(29)27(15-18(2)3)16-21-7-6-13-25(21)4/h5-11,13,18H,1,12,14-17H2,2-4H3. The molecule has 29 heavy (non-hydrogen) atoms. The number of carbonyl (C=O) groups excluding carboxylic acids is 2. The first-order chi connectivity index (χ1) is 13.8. The second-order valence-electron chi connectivity index (χ2n) is 7.64. The van der Waals surface area contributed by atoms with Gasteiger partial charge in [0.05, 0.1) is 13.0 Å². The maximum absolute atomic E-state index is 13.1. The molecule has 0 aliphatic carbocycles. The van der Waals surface area contributed by atoms with Crippen LogP contribution in [0, 0.1) is 11.7 Å². The number of amides is 2. The summed E-state index contributed by atoms with van der Waals surface area (Å²) in [5.41, 5.74) is 1.74. The summed E-state index contributed by atoms with van der Waals surface area (Å²) in [6.45, 7) is 9.20. The normalized spacial score (nSPS) is 10.8. The van der Waals surface area contributed by atoms with Crippen molar-refractivity contribution in [2.45, 2.75) is 26.8 Å². The van der Waals surface area contributed by atoms with E-state index < -0.39 is 0 Å². The summed E-state index contributed by atoms with van der Waals surface area (Å²) in [6, 6.07) is 9.76. The molecular weight excluding hydrogens is 369 g/mol. The number of halogens is 1. The van der Waals surface area contributed by atoms with Crippen LogP contribution in [0.3, 0.4) is 0 Å². The summed E-state index contributed by atoms with van der Waals surface area (Å²) in [6.07, 6.45) is 3.67. The monoisotopic (exact) mass is 399 g/mol. The Morgan fingerprint density at radius 3 is 2.38 bits per heavy atom. The molecule has 1 aromatic heterocycles. The lowest BCUT2D eigenvalue weighted by Crippen LogP contribution is -2.44. The zero-order valence-corrected chi connectivity index (χ0v) is 17.5. The maximum Gasteiger partial charge on any atom is 0.242 e. The topological polar surface area (TPSA) is 45.6 Å². The van der Waals surface area contributed by atoms with Gasteiger partial charge in [-0.25, -0.2) is 4.39 Å². The van der Waals surface area contributed by atoms with Crippen LogP contribution in [0.2, 0.25) is 0 Å². The second kappa shape index (κ2) is 10.6. The highest BCUT2D eigenvalue weighted by Gasteiger charge is 2.22. The highest BCUT2D eigenvalue weighted by Crippen LogP contribution is 2.11. The number of rotatable bonds is 10. The lowest BCUT2D eigenvalue weighted by atomic mass is 10.1. The minimum Gasteiger partial charge on any atom is -0.353 e. The smallest absolute Gasteiger partial charge is 0.242 e. The lowest BCUT2D eigenvalue weighted by molar-refractivity contribution is -0.140. The number of aryl methyl sites for hydroxylation is 1. The van der Waals surface area contributed by atoms with Gasteiger partial charge in [0.2, 0.25) is 11.8 Å². The van der Waals surface area contributed by atoms with Crippen LogP contribution in [0.5, 0.6) is 0 Å². The second-order valence-corrected chi connectivity index (χ2v) is 7.64. The highest BCUT2D eigenvalue weighted by atomic mass is 19.1. The van der Waals surface area contributed by atoms with Crippen LogP contribution in [0.4, 0.5) is 4.39 Å². The molecular formula is C23H30FN3O2. The highest BCUT2D eigenvalue weighted by molar-refractivity contribution is 5.86. The van der Waals surface area contributed by atoms with Crippen molar-refractivity contribution < 1.29 is 14.0 Å². The molecule has 0 aliphatic rings. The minimum absolute atomic E-state index is 0.0107. The Morgan fingerprint density at radius 1 is 1.14 bits per heavy atom. The largest absolute Gasteiger partial charge is 0.353 e. The van der Waals surface area contributed by atoms with Crippen LogP contribution in [0.15, 0.2) is 55.3 Å². The van der Waals surface area contributed by atoms with Gasteiger partial charge in [0, 0.05) is 32.0 Å². The number of carbonyl (C=O) groups is 2. The van der Waals surface area contributed by atoms with Gasteiger partial charge in [-0.1, -0.05) is 32.1 Å². The van der Waals surface area contributed by atoms with Gasteiger partial charge in [-0.2, -0.15) is 0 Å². The molecule has 1 aromatic carbocycles. The quantitative estimate of drug-likeness (QED) is 0.575. The molecule has 2 rings (SSSR count). The van der Waals surface area contributed by atoms with Gasteiger partial charge in [-0.05, 0) is 35.7 Å². The number of aromatic nitrogens is 1. The van der Waals surface area contributed by atoms with E-state index in [1.165, 1.54) is 17.0 Å². The summed E-state index contributed by atoms with van der Waals surface area (Å²) in [7, 11) is 1.95. The molecule has 0 atom stereocenters. The fourth-order valence-electron chi connectivity index (χ4n) is 3.11. The molecule has 0 radical (unpaired) electrons. The van der Waals surface area contributed by atoms with Gasteiger partial charge >= 0.3 is 0 Å². The first kappa shape index (κ1) is 22.4. The molecule has 5 nitrogen and oxygen atoms in total. The molecule has 0 spiro atoms. The number of hydrogen-bond acceptors (Lipinski definition) is 2. The van der Waals surface area contributed by atoms with Crippen molar-refractivity contribution in [3.63, 3.8) is 0 Å². The Morgan fingerprint density at radius 2 is 1.83 bits per heavy atom. The Labute approximate surface area is 172 Å². The molecule has 0 aliphatic heterocycles. The number of hydrogen-bond donors (Lipinski definition) is 0. The van der Waals surface area contributed by atoms with Crippen molar-refractivity contribution in [3.8, 4) is 0 Å². The van der Waals surface area contributed by atoms with Crippen molar-refractivity contribution in [1.29, 1.82) is 0 Å². The zero-order valence-electron chi connectivity index (χ0n) is 17.5. The molecule has 1 heterocycles. The minimum atomic E-state index is -0.343. The van der Waals surface area contributed by atoms with E-state index >= 15 is 0 Å². The van der Waals surface area contributed by atoms with Crippen LogP contribution < -0.4 is 0 Å². The van der Waals surface area contributed by atoms with Crippen LogP contribution in [-0.2, 0) is 29.6 Å². The van der Waals surface area contributed by atoms with E-state index in [4.69, 9.17) is 0 Å². The van der Waals surface area contributed by atoms with Crippen LogP contribution >= 0.6 is 0 Å². The fraction of sp³-hybridized carbons (Fsp3) is 0.391. The third-order valence-corrected chi connectivity index (χ3v) is 4.64. The van der Waals surface area contributed by atoms with Crippen LogP contribution in [-0.4, -0.2) is 45.8 Å². The molecule has 0 unspecified atom stereocenters. The van der Waals surface area contributed by atoms with E-state index in [1.807, 2.05) is 29.9 Å². The van der Waals surface area contributed by atoms with E-state index in [9.17, 15) is 14.0 Å². The van der Waals surface area contributed by atoms with Gasteiger partial charge in [-0.3, -0.25) is 9.59 Å². The molecule has 156 valence electrons. The molecule has 2 aromatic rings. The van der Waals surface area contributed by atoms with Crippen molar-refractivity contribution >= 4 is 11.8 Å². The Bertz CT molecular complexity index is 827. The van der Waals surface area contributed by atoms with Crippen molar-refractivity contribution in [3.05, 3.63) is 72.3 Å². The number of nitrogens with zero attached hydrogens (tertiary/aromatic N) is 3. The summed E-state index contributed by atoms with van der Waals surface area (Å²) in [4.78, 5) is 29.1. The molecule has 0 N–H and O–H groups in total. The lowest BCUT2D eigenvalue weighted by Gasteiger charge is -2.28. The van der Waals surface area contributed by atoms with Crippen molar-refractivity contribution in [2.75, 3.05) is 19.6 Å². The van der Waals surface area contributed by atoms with E-state index in [0.29, 0.717) is 24.6 Å². The summed E-state index contributed by atoms with van der Waals surface area (Å²) in [5, 5.41) is 0. The van der Waals surface area contributed by atoms with Gasteiger partial charge in [0.25, 0.3) is 0 Å². The van der Waals surface area contributed by atoms with Crippen molar-refractivity contribution in [2.24, 2.45) is 13.0 Å². The third-order valence-electron chi connectivity index (χ3n) is 4.64. The van der Waals surface area contributed by atoms with Gasteiger partial charge in [0.15, 0.2) is 0 Å². The average molecular weight is 400 g/mol. The van der Waals surface area contributed by atoms with Gasteiger partial charge in [0.1, 0.15) is 12.4 Å². The zero-order chi connectivity index (χ0) is 21.4. The Hall–Kier alpha value is -2.89. The summed E-state index contributed by atoms with van der Waals surface area (Å²) >= 11 is 0. The summed E-state index contributed by atoms with van der Waals surface area (Å²) in [5.74, 6) is -0.325. The first-order valence-corrected chi connectivity index (χ1v) is 9.81. The predicted molar refractivity (Wildman–Crippen MR) is 113 cm³/mol. The fourth-order valence-corrected chi connectivity index (χ4v) is 3.11. The number of benzene rings is 1. The Kier molecular flexibility index (Phi) is 8.19. The SMILES string of the molecule is C=CCN(CC(=O)N(Cc1cccn1C)CC(C)C)C(=O)Cc1ccc(F)cc1. The molecule has 0 bridgehead atoms. The van der Waals surface area contributed by atoms with Crippen LogP contribution in [0.1, 0.15) is 25.1 Å². The summed E-state index contributed by atoms with van der Waals surface area (Å²) < 4.78 is 15.1. The molecule has 2 amide bonds. The first-order valence-electron chi connectivity index (χ1n) is 9.81. The van der Waals surface area contributed by atoms with E-state index in [-0.39, 0.29) is 37.1 Å². The van der Waals surface area contributed by atoms with Gasteiger partial charge < -0.3 is 14.4 Å². The maximum atomic E-state index is 13.1. The third kappa shape index (κ3) is 6.89. The van der Waals surface area contributed by atoms with E-state index in [2.05, 4.69) is 20.4 Å². The van der Waals surface area contributed by atoms with Crippen LogP contribution in [0.25, 0.3) is 0 Å². The van der Waals surface area contributed by atoms with Crippen molar-refractivity contribution in [1.82, 2.24) is 14.4 Å². The molecule has 0 fully saturated rings.